The van der Waals surface area contributed by atoms with Gasteiger partial charge >= 0.3 is 0 Å². The van der Waals surface area contributed by atoms with Crippen LogP contribution in [0, 0.1) is 5.92 Å². The third-order valence-corrected chi connectivity index (χ3v) is 7.29. The van der Waals surface area contributed by atoms with Crippen LogP contribution in [0.5, 0.6) is 5.75 Å². The number of hydrogen-bond donors (Lipinski definition) is 2. The van der Waals surface area contributed by atoms with Crippen LogP contribution in [0.3, 0.4) is 0 Å². The van der Waals surface area contributed by atoms with Gasteiger partial charge in [0.05, 0.1) is 18.1 Å². The lowest BCUT2D eigenvalue weighted by atomic mass is 10.0. The number of sulfonamides is 1. The summed E-state index contributed by atoms with van der Waals surface area (Å²) in [5.74, 6) is -0.285. The minimum atomic E-state index is -3.57. The first-order valence-corrected chi connectivity index (χ1v) is 12.6. The van der Waals surface area contributed by atoms with Gasteiger partial charge < -0.3 is 20.1 Å². The number of hydrogen-bond acceptors (Lipinski definition) is 6. The Hall–Kier alpha value is -2.95. The number of amides is 2. The molecule has 9 nitrogen and oxygen atoms in total. The van der Waals surface area contributed by atoms with E-state index in [0.717, 1.165) is 5.56 Å². The van der Waals surface area contributed by atoms with Crippen LogP contribution in [0.15, 0.2) is 59.5 Å². The number of ether oxygens (including phenoxy) is 2. The van der Waals surface area contributed by atoms with Crippen LogP contribution in [0.4, 0.5) is 0 Å². The molecule has 2 N–H and O–H groups in total. The molecule has 1 aliphatic heterocycles. The minimum absolute atomic E-state index is 0.137. The third kappa shape index (κ3) is 7.02. The monoisotopic (exact) mass is 489 g/mol. The lowest BCUT2D eigenvalue weighted by Gasteiger charge is -2.26. The van der Waals surface area contributed by atoms with Crippen LogP contribution in [0.25, 0.3) is 0 Å². The average Bonchev–Trinajstić information content (AvgIpc) is 2.86. The first-order valence-electron chi connectivity index (χ1n) is 11.2. The van der Waals surface area contributed by atoms with Gasteiger partial charge in [-0.05, 0) is 35.7 Å². The van der Waals surface area contributed by atoms with Crippen LogP contribution >= 0.6 is 0 Å². The second-order valence-corrected chi connectivity index (χ2v) is 10.2. The highest BCUT2D eigenvalue weighted by Crippen LogP contribution is 2.18. The fourth-order valence-corrected chi connectivity index (χ4v) is 4.84. The van der Waals surface area contributed by atoms with Gasteiger partial charge in [-0.1, -0.05) is 44.2 Å². The van der Waals surface area contributed by atoms with Crippen molar-refractivity contribution in [1.82, 2.24) is 14.9 Å². The van der Waals surface area contributed by atoms with Crippen LogP contribution in [-0.4, -0.2) is 63.5 Å². The van der Waals surface area contributed by atoms with Crippen molar-refractivity contribution in [2.75, 3.05) is 32.9 Å². The predicted octanol–water partition coefficient (Wildman–Crippen LogP) is 1.54. The molecule has 1 heterocycles. The maximum absolute atomic E-state index is 12.7. The van der Waals surface area contributed by atoms with Gasteiger partial charge in [0.15, 0.2) is 6.61 Å². The Balaban J connectivity index is 1.52. The molecule has 0 spiro atoms. The Morgan fingerprint density at radius 1 is 1.03 bits per heavy atom. The van der Waals surface area contributed by atoms with Gasteiger partial charge in [-0.3, -0.25) is 9.59 Å². The van der Waals surface area contributed by atoms with Gasteiger partial charge in [-0.25, -0.2) is 8.42 Å². The van der Waals surface area contributed by atoms with Crippen molar-refractivity contribution in [3.05, 3.63) is 60.2 Å². The lowest BCUT2D eigenvalue weighted by Crippen LogP contribution is -2.50. The standard InChI is InChI=1S/C24H31N3O6S/c1-18(2)23(26-22(28)17-33-20-6-4-3-5-7-20)24(29)25-16-19-8-10-21(11-9-19)34(30,31)27-12-14-32-15-13-27/h3-11,18,23H,12-17H2,1-2H3,(H,25,29)(H,26,28)/t23-/m1/s1. The molecule has 1 aliphatic rings. The third-order valence-electron chi connectivity index (χ3n) is 5.38. The fraction of sp³-hybridized carbons (Fsp3) is 0.417. The smallest absolute Gasteiger partial charge is 0.258 e. The summed E-state index contributed by atoms with van der Waals surface area (Å²) in [6, 6.07) is 14.6. The number of benzene rings is 2. The molecule has 2 amide bonds. The Morgan fingerprint density at radius 3 is 2.29 bits per heavy atom. The normalized spacial score (nSPS) is 15.5. The molecule has 1 atom stereocenters. The van der Waals surface area contributed by atoms with Crippen LogP contribution in [0.2, 0.25) is 0 Å². The zero-order valence-electron chi connectivity index (χ0n) is 19.4. The first kappa shape index (κ1) is 25.7. The van der Waals surface area contributed by atoms with Gasteiger partial charge in [0, 0.05) is 19.6 Å². The summed E-state index contributed by atoms with van der Waals surface area (Å²) in [4.78, 5) is 25.2. The molecule has 1 saturated heterocycles. The topological polar surface area (TPSA) is 114 Å². The fourth-order valence-electron chi connectivity index (χ4n) is 3.43. The molecule has 3 rings (SSSR count). The maximum Gasteiger partial charge on any atom is 0.258 e. The molecule has 0 saturated carbocycles. The van der Waals surface area contributed by atoms with Crippen LogP contribution in [-0.2, 0) is 30.9 Å². The van der Waals surface area contributed by atoms with Crippen molar-refractivity contribution in [2.45, 2.75) is 31.3 Å². The van der Waals surface area contributed by atoms with Gasteiger partial charge in [0.25, 0.3) is 5.91 Å². The van der Waals surface area contributed by atoms with E-state index in [4.69, 9.17) is 9.47 Å². The summed E-state index contributed by atoms with van der Waals surface area (Å²) in [5, 5.41) is 5.53. The van der Waals surface area contributed by atoms with Gasteiger partial charge in [-0.2, -0.15) is 4.31 Å². The van der Waals surface area contributed by atoms with Crippen molar-refractivity contribution in [3.8, 4) is 5.75 Å². The zero-order valence-corrected chi connectivity index (χ0v) is 20.2. The Bertz CT molecular complexity index is 1050. The molecule has 0 bridgehead atoms. The highest BCUT2D eigenvalue weighted by molar-refractivity contribution is 7.89. The van der Waals surface area contributed by atoms with Crippen molar-refractivity contribution in [2.24, 2.45) is 5.92 Å². The molecule has 34 heavy (non-hydrogen) atoms. The molecule has 2 aromatic rings. The average molecular weight is 490 g/mol. The largest absolute Gasteiger partial charge is 0.484 e. The quantitative estimate of drug-likeness (QED) is 0.523. The minimum Gasteiger partial charge on any atom is -0.484 e. The van der Waals surface area contributed by atoms with Crippen LogP contribution in [0.1, 0.15) is 19.4 Å². The second kappa shape index (κ2) is 12.0. The number of carbonyl (C=O) groups excluding carboxylic acids is 2. The highest BCUT2D eigenvalue weighted by atomic mass is 32.2. The Labute approximate surface area is 200 Å². The number of nitrogens with one attached hydrogen (secondary N) is 2. The van der Waals surface area contributed by atoms with E-state index in [0.29, 0.717) is 32.1 Å². The number of nitrogens with zero attached hydrogens (tertiary/aromatic N) is 1. The van der Waals surface area contributed by atoms with Crippen LogP contribution < -0.4 is 15.4 Å². The van der Waals surface area contributed by atoms with Crippen molar-refractivity contribution < 1.29 is 27.5 Å². The Morgan fingerprint density at radius 2 is 1.68 bits per heavy atom. The van der Waals surface area contributed by atoms with Gasteiger partial charge in [0.2, 0.25) is 15.9 Å². The van der Waals surface area contributed by atoms with E-state index in [1.54, 1.807) is 24.3 Å². The molecule has 184 valence electrons. The van der Waals surface area contributed by atoms with Crippen molar-refractivity contribution in [1.29, 1.82) is 0 Å². The second-order valence-electron chi connectivity index (χ2n) is 8.27. The maximum atomic E-state index is 12.7. The summed E-state index contributed by atoms with van der Waals surface area (Å²) in [5.41, 5.74) is 0.746. The molecule has 0 aromatic heterocycles. The van der Waals surface area contributed by atoms with Gasteiger partial charge in [-0.15, -0.1) is 0 Å². The molecular weight excluding hydrogens is 458 g/mol. The van der Waals surface area contributed by atoms with Crippen molar-refractivity contribution in [3.63, 3.8) is 0 Å². The Kier molecular flexibility index (Phi) is 9.03. The molecule has 1 fully saturated rings. The summed E-state index contributed by atoms with van der Waals surface area (Å²) >= 11 is 0. The van der Waals surface area contributed by atoms with E-state index in [9.17, 15) is 18.0 Å². The SMILES string of the molecule is CC(C)[C@@H](NC(=O)COc1ccccc1)C(=O)NCc1ccc(S(=O)(=O)N2CCOCC2)cc1. The van der Waals surface area contributed by atoms with Gasteiger partial charge in [0.1, 0.15) is 11.8 Å². The molecule has 0 aliphatic carbocycles. The van der Waals surface area contributed by atoms with E-state index in [2.05, 4.69) is 10.6 Å². The van der Waals surface area contributed by atoms with E-state index in [-0.39, 0.29) is 29.9 Å². The summed E-state index contributed by atoms with van der Waals surface area (Å²) < 4.78 is 37.5. The zero-order chi connectivity index (χ0) is 24.6. The van der Waals surface area contributed by atoms with E-state index in [1.807, 2.05) is 32.0 Å². The van der Waals surface area contributed by atoms with E-state index >= 15 is 0 Å². The summed E-state index contributed by atoms with van der Waals surface area (Å²) in [6.45, 7) is 5.12. The number of para-hydroxylation sites is 1. The summed E-state index contributed by atoms with van der Waals surface area (Å²) in [7, 11) is -3.57. The molecule has 0 unspecified atom stereocenters. The molecule has 0 radical (unpaired) electrons. The molecule has 2 aromatic carbocycles. The molecule has 10 heteroatoms. The lowest BCUT2D eigenvalue weighted by molar-refractivity contribution is -0.131. The highest BCUT2D eigenvalue weighted by Gasteiger charge is 2.27. The number of rotatable bonds is 10. The first-order chi connectivity index (χ1) is 16.3. The van der Waals surface area contributed by atoms with E-state index in [1.165, 1.54) is 16.4 Å². The summed E-state index contributed by atoms with van der Waals surface area (Å²) in [6.07, 6.45) is 0. The van der Waals surface area contributed by atoms with Crippen molar-refractivity contribution >= 4 is 21.8 Å². The number of carbonyl (C=O) groups is 2. The molecular formula is C24H31N3O6S. The van der Waals surface area contributed by atoms with E-state index < -0.39 is 22.0 Å². The predicted molar refractivity (Wildman–Crippen MR) is 127 cm³/mol. The number of morpholine rings is 1.